The Bertz CT molecular complexity index is 733. The third-order valence-electron chi connectivity index (χ3n) is 3.23. The topological polar surface area (TPSA) is 32.6 Å². The van der Waals surface area contributed by atoms with Crippen LogP contribution >= 0.6 is 0 Å². The number of para-hydroxylation sites is 1. The molecular weight excluding hydrogens is 291 g/mol. The molecule has 0 fully saturated rings. The molecule has 0 atom stereocenters. The fourth-order valence-corrected chi connectivity index (χ4v) is 2.03. The van der Waals surface area contributed by atoms with Crippen molar-refractivity contribution in [3.05, 3.63) is 58.9 Å². The molecule has 0 radical (unpaired) electrons. The average Bonchev–Trinajstić information content (AvgIpc) is 2.44. The summed E-state index contributed by atoms with van der Waals surface area (Å²) in [6.45, 7) is 5.83. The predicted molar refractivity (Wildman–Crippen MR) is 80.4 cm³/mol. The van der Waals surface area contributed by atoms with Gasteiger partial charge in [-0.15, -0.1) is 0 Å². The summed E-state index contributed by atoms with van der Waals surface area (Å²) in [5, 5.41) is 10.3. The van der Waals surface area contributed by atoms with Crippen LogP contribution in [0.15, 0.2) is 35.3 Å². The van der Waals surface area contributed by atoms with Crippen LogP contribution in [-0.2, 0) is 5.41 Å². The summed E-state index contributed by atoms with van der Waals surface area (Å²) < 4.78 is 39.6. The number of hydrogen-bond donors (Lipinski definition) is 1. The number of hydrogen-bond acceptors (Lipinski definition) is 2. The lowest BCUT2D eigenvalue weighted by Crippen LogP contribution is -2.11. The number of benzene rings is 2. The van der Waals surface area contributed by atoms with Gasteiger partial charge in [0.05, 0.1) is 0 Å². The van der Waals surface area contributed by atoms with E-state index >= 15 is 0 Å². The molecule has 0 aliphatic carbocycles. The third kappa shape index (κ3) is 3.13. The second-order valence-corrected chi connectivity index (χ2v) is 5.95. The van der Waals surface area contributed by atoms with Crippen molar-refractivity contribution in [2.75, 3.05) is 0 Å². The molecule has 0 saturated heterocycles. The molecule has 0 bridgehead atoms. The molecule has 0 unspecified atom stereocenters. The van der Waals surface area contributed by atoms with Crippen LogP contribution in [0.1, 0.15) is 31.9 Å². The standard InChI is InChI=1S/C17H16F3NO/c1-17(2,3)11-6-4-5-10(16(11)22)9-21-13-8-7-12(18)14(19)15(13)20/h4-9,22H,1-3H3. The Kier molecular flexibility index (Phi) is 4.26. The van der Waals surface area contributed by atoms with Crippen molar-refractivity contribution in [3.63, 3.8) is 0 Å². The van der Waals surface area contributed by atoms with Crippen LogP contribution in [0.2, 0.25) is 0 Å². The molecule has 0 aromatic heterocycles. The summed E-state index contributed by atoms with van der Waals surface area (Å²) in [5.74, 6) is -4.17. The molecular formula is C17H16F3NO. The van der Waals surface area contributed by atoms with Gasteiger partial charge < -0.3 is 5.11 Å². The second-order valence-electron chi connectivity index (χ2n) is 5.95. The van der Waals surface area contributed by atoms with Crippen LogP contribution in [0, 0.1) is 17.5 Å². The molecule has 0 amide bonds. The van der Waals surface area contributed by atoms with Gasteiger partial charge in [-0.25, -0.2) is 13.2 Å². The Morgan fingerprint density at radius 2 is 1.68 bits per heavy atom. The van der Waals surface area contributed by atoms with E-state index in [9.17, 15) is 18.3 Å². The van der Waals surface area contributed by atoms with Crippen molar-refractivity contribution < 1.29 is 18.3 Å². The van der Waals surface area contributed by atoms with Gasteiger partial charge in [0.25, 0.3) is 0 Å². The van der Waals surface area contributed by atoms with Crippen LogP contribution in [0.25, 0.3) is 0 Å². The fraction of sp³-hybridized carbons (Fsp3) is 0.235. The van der Waals surface area contributed by atoms with Crippen LogP contribution in [0.5, 0.6) is 5.75 Å². The molecule has 0 aliphatic rings. The molecule has 2 aromatic rings. The zero-order valence-corrected chi connectivity index (χ0v) is 12.5. The van der Waals surface area contributed by atoms with Gasteiger partial charge in [0, 0.05) is 11.8 Å². The molecule has 0 saturated carbocycles. The minimum atomic E-state index is -1.57. The quantitative estimate of drug-likeness (QED) is 0.624. The smallest absolute Gasteiger partial charge is 0.196 e. The van der Waals surface area contributed by atoms with E-state index in [-0.39, 0.29) is 16.9 Å². The number of rotatable bonds is 2. The van der Waals surface area contributed by atoms with Crippen LogP contribution in [0.3, 0.4) is 0 Å². The van der Waals surface area contributed by atoms with E-state index in [1.165, 1.54) is 6.21 Å². The van der Waals surface area contributed by atoms with Gasteiger partial charge in [0.2, 0.25) is 0 Å². The number of phenolic OH excluding ortho intramolecular Hbond substituents is 1. The summed E-state index contributed by atoms with van der Waals surface area (Å²) in [5.41, 5.74) is 0.472. The SMILES string of the molecule is CC(C)(C)c1cccc(C=Nc2ccc(F)c(F)c2F)c1O. The van der Waals surface area contributed by atoms with E-state index in [1.807, 2.05) is 20.8 Å². The van der Waals surface area contributed by atoms with Crippen LogP contribution < -0.4 is 0 Å². The Morgan fingerprint density at radius 3 is 2.32 bits per heavy atom. The minimum Gasteiger partial charge on any atom is -0.507 e. The van der Waals surface area contributed by atoms with Crippen molar-refractivity contribution in [2.24, 2.45) is 4.99 Å². The number of aromatic hydroxyl groups is 1. The lowest BCUT2D eigenvalue weighted by molar-refractivity contribution is 0.445. The van der Waals surface area contributed by atoms with Crippen molar-refractivity contribution in [3.8, 4) is 5.75 Å². The number of phenols is 1. The van der Waals surface area contributed by atoms with E-state index in [0.717, 1.165) is 12.1 Å². The number of aliphatic imine (C=N–C) groups is 1. The van der Waals surface area contributed by atoms with E-state index in [4.69, 9.17) is 0 Å². The lowest BCUT2D eigenvalue weighted by Gasteiger charge is -2.21. The highest BCUT2D eigenvalue weighted by Crippen LogP contribution is 2.32. The molecule has 116 valence electrons. The first kappa shape index (κ1) is 16.1. The monoisotopic (exact) mass is 307 g/mol. The summed E-state index contributed by atoms with van der Waals surface area (Å²) >= 11 is 0. The first-order chi connectivity index (χ1) is 10.2. The van der Waals surface area contributed by atoms with Gasteiger partial charge in [0.15, 0.2) is 17.5 Å². The highest BCUT2D eigenvalue weighted by Gasteiger charge is 2.19. The molecule has 0 aliphatic heterocycles. The maximum atomic E-state index is 13.5. The van der Waals surface area contributed by atoms with E-state index in [2.05, 4.69) is 4.99 Å². The molecule has 0 heterocycles. The maximum absolute atomic E-state index is 13.5. The molecule has 0 spiro atoms. The normalized spacial score (nSPS) is 12.1. The number of nitrogens with zero attached hydrogens (tertiary/aromatic N) is 1. The summed E-state index contributed by atoms with van der Waals surface area (Å²) in [6.07, 6.45) is 1.22. The molecule has 2 rings (SSSR count). The Balaban J connectivity index is 2.42. The summed E-state index contributed by atoms with van der Waals surface area (Å²) in [6, 6.07) is 6.96. The van der Waals surface area contributed by atoms with Crippen LogP contribution in [-0.4, -0.2) is 11.3 Å². The fourth-order valence-electron chi connectivity index (χ4n) is 2.03. The van der Waals surface area contributed by atoms with Gasteiger partial charge in [-0.1, -0.05) is 32.9 Å². The zero-order valence-electron chi connectivity index (χ0n) is 12.5. The minimum absolute atomic E-state index is 0.0294. The molecule has 5 heteroatoms. The first-order valence-corrected chi connectivity index (χ1v) is 6.72. The average molecular weight is 307 g/mol. The van der Waals surface area contributed by atoms with E-state index in [0.29, 0.717) is 11.1 Å². The second kappa shape index (κ2) is 5.83. The Morgan fingerprint density at radius 1 is 1.00 bits per heavy atom. The molecule has 2 aromatic carbocycles. The molecule has 1 N–H and O–H groups in total. The highest BCUT2D eigenvalue weighted by atomic mass is 19.2. The van der Waals surface area contributed by atoms with Gasteiger partial charge in [-0.2, -0.15) is 0 Å². The predicted octanol–water partition coefficient (Wildman–Crippen LogP) is 4.86. The number of halogens is 3. The van der Waals surface area contributed by atoms with Crippen molar-refractivity contribution in [1.82, 2.24) is 0 Å². The summed E-state index contributed by atoms with van der Waals surface area (Å²) in [7, 11) is 0. The lowest BCUT2D eigenvalue weighted by atomic mass is 9.85. The van der Waals surface area contributed by atoms with Gasteiger partial charge in [-0.05, 0) is 29.2 Å². The van der Waals surface area contributed by atoms with Crippen LogP contribution in [0.4, 0.5) is 18.9 Å². The van der Waals surface area contributed by atoms with Crippen molar-refractivity contribution in [1.29, 1.82) is 0 Å². The largest absolute Gasteiger partial charge is 0.507 e. The van der Waals surface area contributed by atoms with E-state index in [1.54, 1.807) is 18.2 Å². The van der Waals surface area contributed by atoms with Crippen molar-refractivity contribution in [2.45, 2.75) is 26.2 Å². The van der Waals surface area contributed by atoms with Crippen molar-refractivity contribution >= 4 is 11.9 Å². The van der Waals surface area contributed by atoms with Gasteiger partial charge in [-0.3, -0.25) is 4.99 Å². The maximum Gasteiger partial charge on any atom is 0.196 e. The summed E-state index contributed by atoms with van der Waals surface area (Å²) in [4.78, 5) is 3.80. The zero-order chi connectivity index (χ0) is 16.5. The third-order valence-corrected chi connectivity index (χ3v) is 3.23. The van der Waals surface area contributed by atoms with Gasteiger partial charge in [0.1, 0.15) is 11.4 Å². The Labute approximate surface area is 126 Å². The molecule has 22 heavy (non-hydrogen) atoms. The molecule has 2 nitrogen and oxygen atoms in total. The van der Waals surface area contributed by atoms with Gasteiger partial charge >= 0.3 is 0 Å². The van der Waals surface area contributed by atoms with E-state index < -0.39 is 17.5 Å². The highest BCUT2D eigenvalue weighted by molar-refractivity contribution is 5.86. The Hall–Kier alpha value is -2.30. The first-order valence-electron chi connectivity index (χ1n) is 6.72.